The van der Waals surface area contributed by atoms with E-state index in [1.54, 1.807) is 6.07 Å². The molecule has 0 unspecified atom stereocenters. The van der Waals surface area contributed by atoms with Crippen LogP contribution in [0.2, 0.25) is 0 Å². The van der Waals surface area contributed by atoms with E-state index < -0.39 is 5.51 Å². The lowest BCUT2D eigenvalue weighted by Crippen LogP contribution is -2.11. The van der Waals surface area contributed by atoms with E-state index >= 15 is 0 Å². The van der Waals surface area contributed by atoms with E-state index in [1.165, 1.54) is 12.1 Å². The number of hydrogen-bond acceptors (Lipinski definition) is 2. The van der Waals surface area contributed by atoms with Gasteiger partial charge in [0, 0.05) is 4.90 Å². The standard InChI is InChI=1S/C12H12F3NS/c1-11(2,3)9-4-8(7-16)5-10(6-9)17-12(13,14)15/h4-6H,1-3H3. The molecule has 1 rings (SSSR count). The Hall–Kier alpha value is -1.15. The first-order valence-electron chi connectivity index (χ1n) is 4.93. The Labute approximate surface area is 103 Å². The molecular weight excluding hydrogens is 247 g/mol. The lowest BCUT2D eigenvalue weighted by Gasteiger charge is -2.20. The molecule has 1 nitrogen and oxygen atoms in total. The van der Waals surface area contributed by atoms with Gasteiger partial charge in [-0.15, -0.1) is 0 Å². The van der Waals surface area contributed by atoms with Crippen LogP contribution in [0.25, 0.3) is 0 Å². The maximum absolute atomic E-state index is 12.3. The molecule has 1 aromatic rings. The summed E-state index contributed by atoms with van der Waals surface area (Å²) in [6, 6.07) is 6.25. The van der Waals surface area contributed by atoms with Crippen molar-refractivity contribution >= 4 is 11.8 Å². The number of rotatable bonds is 1. The van der Waals surface area contributed by atoms with Crippen molar-refractivity contribution in [2.75, 3.05) is 0 Å². The number of thioether (sulfide) groups is 1. The second kappa shape index (κ2) is 4.61. The number of benzene rings is 1. The minimum Gasteiger partial charge on any atom is -0.192 e. The number of nitriles is 1. The van der Waals surface area contributed by atoms with Gasteiger partial charge >= 0.3 is 5.51 Å². The van der Waals surface area contributed by atoms with E-state index in [9.17, 15) is 13.2 Å². The fraction of sp³-hybridized carbons (Fsp3) is 0.417. The van der Waals surface area contributed by atoms with Crippen LogP contribution in [0.1, 0.15) is 31.9 Å². The fourth-order valence-electron chi connectivity index (χ4n) is 1.29. The van der Waals surface area contributed by atoms with Gasteiger partial charge in [-0.25, -0.2) is 0 Å². The van der Waals surface area contributed by atoms with Crippen LogP contribution in [-0.2, 0) is 5.41 Å². The first-order chi connectivity index (χ1) is 7.62. The first-order valence-corrected chi connectivity index (χ1v) is 5.75. The Kier molecular flexibility index (Phi) is 3.78. The van der Waals surface area contributed by atoms with Gasteiger partial charge < -0.3 is 0 Å². The van der Waals surface area contributed by atoms with Crippen LogP contribution < -0.4 is 0 Å². The van der Waals surface area contributed by atoms with Crippen LogP contribution in [-0.4, -0.2) is 5.51 Å². The van der Waals surface area contributed by atoms with Gasteiger partial charge in [-0.05, 0) is 40.9 Å². The van der Waals surface area contributed by atoms with E-state index in [-0.39, 0.29) is 27.6 Å². The Morgan fingerprint density at radius 2 is 1.71 bits per heavy atom. The molecule has 0 heterocycles. The third kappa shape index (κ3) is 4.31. The maximum Gasteiger partial charge on any atom is 0.446 e. The summed E-state index contributed by atoms with van der Waals surface area (Å²) in [6.45, 7) is 5.68. The van der Waals surface area contributed by atoms with E-state index in [0.29, 0.717) is 0 Å². The molecule has 0 saturated heterocycles. The van der Waals surface area contributed by atoms with Crippen molar-refractivity contribution in [3.05, 3.63) is 29.3 Å². The van der Waals surface area contributed by atoms with Crippen molar-refractivity contribution in [2.45, 2.75) is 36.6 Å². The zero-order valence-corrected chi connectivity index (χ0v) is 10.5. The molecule has 92 valence electrons. The van der Waals surface area contributed by atoms with Crippen LogP contribution in [0, 0.1) is 11.3 Å². The van der Waals surface area contributed by atoms with Crippen LogP contribution in [0.3, 0.4) is 0 Å². The molecule has 1 aromatic carbocycles. The van der Waals surface area contributed by atoms with Gasteiger partial charge in [0.15, 0.2) is 0 Å². The predicted octanol–water partition coefficient (Wildman–Crippen LogP) is 4.47. The third-order valence-corrected chi connectivity index (χ3v) is 2.84. The van der Waals surface area contributed by atoms with E-state index in [4.69, 9.17) is 5.26 Å². The largest absolute Gasteiger partial charge is 0.446 e. The average molecular weight is 259 g/mol. The summed E-state index contributed by atoms with van der Waals surface area (Å²) in [5, 5.41) is 8.81. The molecule has 0 aromatic heterocycles. The summed E-state index contributed by atoms with van der Waals surface area (Å²) in [5.41, 5.74) is -3.63. The van der Waals surface area contributed by atoms with E-state index in [2.05, 4.69) is 0 Å². The van der Waals surface area contributed by atoms with Crippen molar-refractivity contribution < 1.29 is 13.2 Å². The minimum atomic E-state index is -4.33. The molecule has 0 aliphatic rings. The second-order valence-corrected chi connectivity index (χ2v) is 5.79. The monoisotopic (exact) mass is 259 g/mol. The number of alkyl halides is 3. The highest BCUT2D eigenvalue weighted by atomic mass is 32.2. The van der Waals surface area contributed by atoms with Crippen molar-refractivity contribution in [3.8, 4) is 6.07 Å². The summed E-state index contributed by atoms with van der Waals surface area (Å²) in [4.78, 5) is 0.0569. The van der Waals surface area contributed by atoms with Gasteiger partial charge in [0.2, 0.25) is 0 Å². The smallest absolute Gasteiger partial charge is 0.192 e. The summed E-state index contributed by atoms with van der Waals surface area (Å²) in [5.74, 6) is 0. The predicted molar refractivity (Wildman–Crippen MR) is 61.8 cm³/mol. The molecule has 0 spiro atoms. The number of halogens is 3. The molecule has 0 N–H and O–H groups in total. The second-order valence-electron chi connectivity index (χ2n) is 4.66. The summed E-state index contributed by atoms with van der Waals surface area (Å²) in [6.07, 6.45) is 0. The molecule has 0 amide bonds. The molecule has 0 aliphatic carbocycles. The van der Waals surface area contributed by atoms with Gasteiger partial charge in [-0.1, -0.05) is 20.8 Å². The molecule has 5 heteroatoms. The van der Waals surface area contributed by atoms with Crippen LogP contribution in [0.5, 0.6) is 0 Å². The van der Waals surface area contributed by atoms with Gasteiger partial charge in [0.25, 0.3) is 0 Å². The Balaban J connectivity index is 3.21. The lowest BCUT2D eigenvalue weighted by atomic mass is 9.86. The van der Waals surface area contributed by atoms with Gasteiger partial charge in [0.1, 0.15) is 0 Å². The molecular formula is C12H12F3NS. The topological polar surface area (TPSA) is 23.8 Å². The van der Waals surface area contributed by atoms with Gasteiger partial charge in [0.05, 0.1) is 11.6 Å². The van der Waals surface area contributed by atoms with Gasteiger partial charge in [-0.2, -0.15) is 18.4 Å². The van der Waals surface area contributed by atoms with Crippen LogP contribution in [0.4, 0.5) is 13.2 Å². The number of hydrogen-bond donors (Lipinski definition) is 0. The van der Waals surface area contributed by atoms with Crippen molar-refractivity contribution in [3.63, 3.8) is 0 Å². The maximum atomic E-state index is 12.3. The minimum absolute atomic E-state index is 0.0569. The number of nitrogens with zero attached hydrogens (tertiary/aromatic N) is 1. The van der Waals surface area contributed by atoms with Crippen LogP contribution in [0.15, 0.2) is 23.1 Å². The highest BCUT2D eigenvalue weighted by Gasteiger charge is 2.30. The fourth-order valence-corrected chi connectivity index (χ4v) is 1.93. The van der Waals surface area contributed by atoms with Crippen molar-refractivity contribution in [2.24, 2.45) is 0 Å². The first kappa shape index (κ1) is 13.9. The van der Waals surface area contributed by atoms with Gasteiger partial charge in [-0.3, -0.25) is 0 Å². The molecule has 0 atom stereocenters. The Bertz CT molecular complexity index is 452. The highest BCUT2D eigenvalue weighted by Crippen LogP contribution is 2.38. The summed E-state index contributed by atoms with van der Waals surface area (Å²) >= 11 is -0.191. The zero-order chi connectivity index (χ0) is 13.3. The molecule has 0 radical (unpaired) electrons. The van der Waals surface area contributed by atoms with E-state index in [1.807, 2.05) is 26.8 Å². The molecule has 17 heavy (non-hydrogen) atoms. The van der Waals surface area contributed by atoms with Crippen LogP contribution >= 0.6 is 11.8 Å². The molecule has 0 aliphatic heterocycles. The van der Waals surface area contributed by atoms with Crippen molar-refractivity contribution in [1.82, 2.24) is 0 Å². The van der Waals surface area contributed by atoms with Crippen molar-refractivity contribution in [1.29, 1.82) is 5.26 Å². The molecule has 0 bridgehead atoms. The highest BCUT2D eigenvalue weighted by molar-refractivity contribution is 8.00. The summed E-state index contributed by atoms with van der Waals surface area (Å²) < 4.78 is 36.9. The molecule has 0 saturated carbocycles. The lowest BCUT2D eigenvalue weighted by molar-refractivity contribution is -0.0328. The van der Waals surface area contributed by atoms with E-state index in [0.717, 1.165) is 5.56 Å². The Morgan fingerprint density at radius 3 is 2.12 bits per heavy atom. The average Bonchev–Trinajstić information content (AvgIpc) is 2.13. The third-order valence-electron chi connectivity index (χ3n) is 2.14. The summed E-state index contributed by atoms with van der Waals surface area (Å²) in [7, 11) is 0. The zero-order valence-electron chi connectivity index (χ0n) is 9.72. The molecule has 0 fully saturated rings. The normalized spacial score (nSPS) is 12.3. The quantitative estimate of drug-likeness (QED) is 0.695. The Morgan fingerprint density at radius 1 is 1.12 bits per heavy atom. The SMILES string of the molecule is CC(C)(C)c1cc(C#N)cc(SC(F)(F)F)c1.